The van der Waals surface area contributed by atoms with Gasteiger partial charge in [-0.1, -0.05) is 35.3 Å². The first-order chi connectivity index (χ1) is 7.11. The number of halogens is 2. The second-order valence-electron chi connectivity index (χ2n) is 4.06. The average Bonchev–Trinajstić information content (AvgIpc) is 2.14. The van der Waals surface area contributed by atoms with Crippen molar-refractivity contribution in [2.75, 3.05) is 0 Å². The molecule has 2 heteroatoms. The molecule has 0 heterocycles. The quantitative estimate of drug-likeness (QED) is 0.686. The van der Waals surface area contributed by atoms with E-state index in [1.807, 2.05) is 6.92 Å². The molecule has 0 saturated heterocycles. The van der Waals surface area contributed by atoms with Crippen LogP contribution in [0.3, 0.4) is 0 Å². The lowest BCUT2D eigenvalue weighted by atomic mass is 10.0. The van der Waals surface area contributed by atoms with E-state index >= 15 is 0 Å². The Morgan fingerprint density at radius 2 is 2.00 bits per heavy atom. The summed E-state index contributed by atoms with van der Waals surface area (Å²) in [6.45, 7) is 4.12. The molecule has 1 aromatic carbocycles. The summed E-state index contributed by atoms with van der Waals surface area (Å²) in [5.74, 6) is -0.119. The van der Waals surface area contributed by atoms with E-state index in [1.165, 1.54) is 12.8 Å². The molecule has 0 N–H and O–H groups in total. The number of rotatable bonds is 5. The SMILES string of the molecule is CCCC(Br)CCc1cc(C)cc(F)c1. The number of aryl methyl sites for hydroxylation is 2. The van der Waals surface area contributed by atoms with Crippen LogP contribution in [0, 0.1) is 12.7 Å². The van der Waals surface area contributed by atoms with E-state index in [0.717, 1.165) is 24.0 Å². The second kappa shape index (κ2) is 6.26. The van der Waals surface area contributed by atoms with Gasteiger partial charge in [0.05, 0.1) is 0 Å². The monoisotopic (exact) mass is 272 g/mol. The number of alkyl halides is 1. The molecule has 84 valence electrons. The molecule has 0 amide bonds. The molecule has 0 aromatic heterocycles. The topological polar surface area (TPSA) is 0 Å². The predicted octanol–water partition coefficient (Wildman–Crippen LogP) is 4.63. The average molecular weight is 273 g/mol. The summed E-state index contributed by atoms with van der Waals surface area (Å²) < 4.78 is 13.1. The Morgan fingerprint density at radius 3 is 2.60 bits per heavy atom. The highest BCUT2D eigenvalue weighted by Crippen LogP contribution is 2.17. The Labute approximate surface area is 100 Å². The van der Waals surface area contributed by atoms with Crippen molar-refractivity contribution in [3.63, 3.8) is 0 Å². The van der Waals surface area contributed by atoms with Crippen molar-refractivity contribution in [2.24, 2.45) is 0 Å². The van der Waals surface area contributed by atoms with E-state index in [1.54, 1.807) is 12.1 Å². The summed E-state index contributed by atoms with van der Waals surface area (Å²) >= 11 is 3.64. The maximum Gasteiger partial charge on any atom is 0.123 e. The fraction of sp³-hybridized carbons (Fsp3) is 0.538. The highest BCUT2D eigenvalue weighted by Gasteiger charge is 2.04. The lowest BCUT2D eigenvalue weighted by Crippen LogP contribution is -2.00. The van der Waals surface area contributed by atoms with Gasteiger partial charge in [-0.15, -0.1) is 0 Å². The summed E-state index contributed by atoms with van der Waals surface area (Å²) in [6.07, 6.45) is 4.41. The fourth-order valence-electron chi connectivity index (χ4n) is 1.74. The van der Waals surface area contributed by atoms with Crippen molar-refractivity contribution >= 4 is 15.9 Å². The fourth-order valence-corrected chi connectivity index (χ4v) is 2.42. The van der Waals surface area contributed by atoms with Gasteiger partial charge in [0.15, 0.2) is 0 Å². The molecular formula is C13H18BrF. The van der Waals surface area contributed by atoms with Crippen molar-refractivity contribution in [2.45, 2.75) is 44.4 Å². The zero-order valence-corrected chi connectivity index (χ0v) is 11.0. The maximum atomic E-state index is 13.1. The van der Waals surface area contributed by atoms with Crippen LogP contribution in [0.1, 0.15) is 37.3 Å². The Balaban J connectivity index is 2.50. The zero-order chi connectivity index (χ0) is 11.3. The van der Waals surface area contributed by atoms with Gasteiger partial charge >= 0.3 is 0 Å². The molecule has 0 nitrogen and oxygen atoms in total. The first-order valence-electron chi connectivity index (χ1n) is 5.52. The summed E-state index contributed by atoms with van der Waals surface area (Å²) in [4.78, 5) is 0.561. The van der Waals surface area contributed by atoms with E-state index in [4.69, 9.17) is 0 Å². The molecule has 0 aliphatic carbocycles. The van der Waals surface area contributed by atoms with Gasteiger partial charge in [0.1, 0.15) is 5.82 Å². The van der Waals surface area contributed by atoms with Gasteiger partial charge in [-0.25, -0.2) is 4.39 Å². The molecule has 0 aliphatic rings. The van der Waals surface area contributed by atoms with Crippen LogP contribution in [-0.4, -0.2) is 4.83 Å². The molecule has 15 heavy (non-hydrogen) atoms. The van der Waals surface area contributed by atoms with Gasteiger partial charge in [-0.2, -0.15) is 0 Å². The molecule has 0 saturated carbocycles. The van der Waals surface area contributed by atoms with Gasteiger partial charge in [-0.3, -0.25) is 0 Å². The molecule has 1 unspecified atom stereocenters. The number of hydrogen-bond acceptors (Lipinski definition) is 0. The molecule has 0 spiro atoms. The van der Waals surface area contributed by atoms with Crippen LogP contribution in [-0.2, 0) is 6.42 Å². The Hall–Kier alpha value is -0.370. The minimum absolute atomic E-state index is 0.119. The third kappa shape index (κ3) is 4.78. The normalized spacial score (nSPS) is 12.8. The van der Waals surface area contributed by atoms with Crippen LogP contribution in [0.5, 0.6) is 0 Å². The molecule has 0 bridgehead atoms. The van der Waals surface area contributed by atoms with Crippen LogP contribution in [0.4, 0.5) is 4.39 Å². The summed E-state index contributed by atoms with van der Waals surface area (Å²) in [7, 11) is 0. The predicted molar refractivity (Wildman–Crippen MR) is 67.1 cm³/mol. The molecular weight excluding hydrogens is 255 g/mol. The van der Waals surface area contributed by atoms with Crippen molar-refractivity contribution in [3.8, 4) is 0 Å². The highest BCUT2D eigenvalue weighted by atomic mass is 79.9. The third-order valence-corrected chi connectivity index (χ3v) is 3.37. The van der Waals surface area contributed by atoms with E-state index < -0.39 is 0 Å². The van der Waals surface area contributed by atoms with Gasteiger partial charge in [-0.05, 0) is 49.4 Å². The minimum Gasteiger partial charge on any atom is -0.207 e. The molecule has 0 aliphatic heterocycles. The minimum atomic E-state index is -0.119. The molecule has 1 rings (SSSR count). The van der Waals surface area contributed by atoms with Crippen LogP contribution in [0.25, 0.3) is 0 Å². The van der Waals surface area contributed by atoms with Crippen molar-refractivity contribution in [3.05, 3.63) is 35.1 Å². The van der Waals surface area contributed by atoms with Gasteiger partial charge < -0.3 is 0 Å². The third-order valence-electron chi connectivity index (χ3n) is 2.45. The van der Waals surface area contributed by atoms with Crippen molar-refractivity contribution in [1.82, 2.24) is 0 Å². The molecule has 1 aromatic rings. The smallest absolute Gasteiger partial charge is 0.123 e. The summed E-state index contributed by atoms with van der Waals surface area (Å²) in [5, 5.41) is 0. The van der Waals surface area contributed by atoms with Gasteiger partial charge in [0, 0.05) is 4.83 Å². The largest absolute Gasteiger partial charge is 0.207 e. The molecule has 0 fully saturated rings. The Kier molecular flexibility index (Phi) is 5.30. The lowest BCUT2D eigenvalue weighted by Gasteiger charge is -2.08. The van der Waals surface area contributed by atoms with Crippen LogP contribution < -0.4 is 0 Å². The van der Waals surface area contributed by atoms with E-state index in [0.29, 0.717) is 4.83 Å². The highest BCUT2D eigenvalue weighted by molar-refractivity contribution is 9.09. The van der Waals surface area contributed by atoms with Crippen molar-refractivity contribution < 1.29 is 4.39 Å². The molecule has 0 radical (unpaired) electrons. The van der Waals surface area contributed by atoms with E-state index in [-0.39, 0.29) is 5.82 Å². The van der Waals surface area contributed by atoms with Crippen LogP contribution in [0.2, 0.25) is 0 Å². The first kappa shape index (κ1) is 12.7. The maximum absolute atomic E-state index is 13.1. The Morgan fingerprint density at radius 1 is 1.27 bits per heavy atom. The zero-order valence-electron chi connectivity index (χ0n) is 9.39. The van der Waals surface area contributed by atoms with E-state index in [2.05, 4.69) is 28.9 Å². The van der Waals surface area contributed by atoms with Crippen LogP contribution >= 0.6 is 15.9 Å². The lowest BCUT2D eigenvalue weighted by molar-refractivity contribution is 0.621. The van der Waals surface area contributed by atoms with Gasteiger partial charge in [0.2, 0.25) is 0 Å². The van der Waals surface area contributed by atoms with Crippen LogP contribution in [0.15, 0.2) is 18.2 Å². The second-order valence-corrected chi connectivity index (χ2v) is 5.36. The molecule has 1 atom stereocenters. The standard InChI is InChI=1S/C13H18BrF/c1-3-4-12(14)6-5-11-7-10(2)8-13(15)9-11/h7-9,12H,3-6H2,1-2H3. The van der Waals surface area contributed by atoms with E-state index in [9.17, 15) is 4.39 Å². The first-order valence-corrected chi connectivity index (χ1v) is 6.43. The summed E-state index contributed by atoms with van der Waals surface area (Å²) in [6, 6.07) is 5.27. The Bertz CT molecular complexity index is 289. The summed E-state index contributed by atoms with van der Waals surface area (Å²) in [5.41, 5.74) is 2.11. The van der Waals surface area contributed by atoms with Crippen molar-refractivity contribution in [1.29, 1.82) is 0 Å². The van der Waals surface area contributed by atoms with Gasteiger partial charge in [0.25, 0.3) is 0 Å². The number of hydrogen-bond donors (Lipinski definition) is 0. The number of benzene rings is 1.